The molecule has 23 heavy (non-hydrogen) atoms. The van der Waals surface area contributed by atoms with Crippen molar-refractivity contribution in [1.82, 2.24) is 5.32 Å². The molecule has 5 nitrogen and oxygen atoms in total. The fourth-order valence-corrected chi connectivity index (χ4v) is 3.27. The summed E-state index contributed by atoms with van der Waals surface area (Å²) in [7, 11) is 0. The van der Waals surface area contributed by atoms with Crippen LogP contribution in [0.4, 0.5) is 0 Å². The first-order chi connectivity index (χ1) is 10.8. The molecule has 6 heteroatoms. The maximum Gasteiger partial charge on any atom is 0.224 e. The lowest BCUT2D eigenvalue weighted by Gasteiger charge is -2.28. The first kappa shape index (κ1) is 17.9. The average molecular weight is 341 g/mol. The summed E-state index contributed by atoms with van der Waals surface area (Å²) < 4.78 is 11.2. The van der Waals surface area contributed by atoms with Crippen LogP contribution in [0.15, 0.2) is 18.2 Å². The number of fused-ring (bicyclic) bond motifs is 1. The van der Waals surface area contributed by atoms with E-state index in [1.54, 1.807) is 0 Å². The molecule has 0 aromatic heterocycles. The van der Waals surface area contributed by atoms with Crippen molar-refractivity contribution >= 4 is 18.3 Å². The number of nitrogens with one attached hydrogen (secondary N) is 1. The molecule has 128 valence electrons. The normalized spacial score (nSPS) is 22.8. The third-order valence-electron chi connectivity index (χ3n) is 4.54. The van der Waals surface area contributed by atoms with Gasteiger partial charge in [-0.1, -0.05) is 12.1 Å². The lowest BCUT2D eigenvalue weighted by Crippen LogP contribution is -2.39. The molecular formula is C17H25ClN2O3. The van der Waals surface area contributed by atoms with Crippen molar-refractivity contribution in [2.24, 2.45) is 11.7 Å². The molecule has 0 radical (unpaired) electrons. The number of benzene rings is 1. The van der Waals surface area contributed by atoms with Gasteiger partial charge in [-0.2, -0.15) is 0 Å². The zero-order valence-electron chi connectivity index (χ0n) is 13.3. The lowest BCUT2D eigenvalue weighted by atomic mass is 9.86. The molecule has 0 saturated heterocycles. The molecule has 0 spiro atoms. The van der Waals surface area contributed by atoms with E-state index in [2.05, 4.69) is 5.32 Å². The fourth-order valence-electron chi connectivity index (χ4n) is 3.27. The highest BCUT2D eigenvalue weighted by molar-refractivity contribution is 5.85. The van der Waals surface area contributed by atoms with E-state index in [1.807, 2.05) is 18.2 Å². The summed E-state index contributed by atoms with van der Waals surface area (Å²) in [6.07, 6.45) is 4.61. The van der Waals surface area contributed by atoms with Gasteiger partial charge in [0.2, 0.25) is 5.91 Å². The van der Waals surface area contributed by atoms with Crippen LogP contribution in [0.3, 0.4) is 0 Å². The first-order valence-corrected chi connectivity index (χ1v) is 8.13. The van der Waals surface area contributed by atoms with E-state index >= 15 is 0 Å². The van der Waals surface area contributed by atoms with Gasteiger partial charge in [-0.15, -0.1) is 12.4 Å². The quantitative estimate of drug-likeness (QED) is 0.879. The summed E-state index contributed by atoms with van der Waals surface area (Å²) in [6.45, 7) is 1.86. The number of hydrogen-bond acceptors (Lipinski definition) is 4. The minimum absolute atomic E-state index is 0. The summed E-state index contributed by atoms with van der Waals surface area (Å²) in [5.41, 5.74) is 6.60. The Morgan fingerprint density at radius 1 is 1.17 bits per heavy atom. The number of hydrogen-bond donors (Lipinski definition) is 2. The second kappa shape index (κ2) is 8.41. The van der Waals surface area contributed by atoms with E-state index in [9.17, 15) is 4.79 Å². The maximum absolute atomic E-state index is 12.3. The molecule has 1 heterocycles. The largest absolute Gasteiger partial charge is 0.486 e. The highest BCUT2D eigenvalue weighted by Crippen LogP contribution is 2.34. The van der Waals surface area contributed by atoms with Gasteiger partial charge >= 0.3 is 0 Å². The summed E-state index contributed by atoms with van der Waals surface area (Å²) >= 11 is 0. The molecule has 1 saturated carbocycles. The van der Waals surface area contributed by atoms with E-state index in [-0.39, 0.29) is 24.4 Å². The molecule has 3 rings (SSSR count). The van der Waals surface area contributed by atoms with Gasteiger partial charge in [0, 0.05) is 11.6 Å². The summed E-state index contributed by atoms with van der Waals surface area (Å²) in [5, 5.41) is 3.14. The van der Waals surface area contributed by atoms with Crippen LogP contribution in [0.1, 0.15) is 31.2 Å². The molecule has 1 amide bonds. The third kappa shape index (κ3) is 4.52. The number of para-hydroxylation sites is 1. The third-order valence-corrected chi connectivity index (χ3v) is 4.54. The zero-order chi connectivity index (χ0) is 15.4. The standard InChI is InChI=1S/C17H24N2O3.ClH/c18-11-12-4-6-14(7-5-12)19-16(20)10-13-2-1-3-15-17(13)22-9-8-21-15;/h1-3,12,14H,4-11,18H2,(H,19,20);1H. The number of rotatable bonds is 4. The van der Waals surface area contributed by atoms with Crippen molar-refractivity contribution < 1.29 is 14.3 Å². The Balaban J connectivity index is 0.00000192. The summed E-state index contributed by atoms with van der Waals surface area (Å²) in [6, 6.07) is 6.00. The predicted molar refractivity (Wildman–Crippen MR) is 91.3 cm³/mol. The molecule has 1 aromatic carbocycles. The van der Waals surface area contributed by atoms with E-state index in [0.29, 0.717) is 25.6 Å². The zero-order valence-corrected chi connectivity index (χ0v) is 14.1. The molecule has 0 atom stereocenters. The molecule has 1 aromatic rings. The van der Waals surface area contributed by atoms with Crippen molar-refractivity contribution in [1.29, 1.82) is 0 Å². The maximum atomic E-state index is 12.3. The van der Waals surface area contributed by atoms with Crippen LogP contribution < -0.4 is 20.5 Å². The second-order valence-corrected chi connectivity index (χ2v) is 6.14. The molecule has 1 fully saturated rings. The Bertz CT molecular complexity index is 531. The molecule has 1 aliphatic heterocycles. The van der Waals surface area contributed by atoms with Crippen molar-refractivity contribution in [2.45, 2.75) is 38.1 Å². The van der Waals surface area contributed by atoms with E-state index < -0.39 is 0 Å². The summed E-state index contributed by atoms with van der Waals surface area (Å²) in [4.78, 5) is 12.3. The number of carbonyl (C=O) groups is 1. The molecule has 1 aliphatic carbocycles. The Labute approximate surface area is 143 Å². The fraction of sp³-hybridized carbons (Fsp3) is 0.588. The average Bonchev–Trinajstić information content (AvgIpc) is 2.56. The number of halogens is 1. The first-order valence-electron chi connectivity index (χ1n) is 8.13. The van der Waals surface area contributed by atoms with Gasteiger partial charge in [-0.05, 0) is 44.2 Å². The van der Waals surface area contributed by atoms with Gasteiger partial charge < -0.3 is 20.5 Å². The predicted octanol–water partition coefficient (Wildman–Crippen LogP) is 2.06. The van der Waals surface area contributed by atoms with Gasteiger partial charge in [0.05, 0.1) is 6.42 Å². The molecule has 0 unspecified atom stereocenters. The Kier molecular flexibility index (Phi) is 6.54. The topological polar surface area (TPSA) is 73.6 Å². The van der Waals surface area contributed by atoms with Gasteiger partial charge in [0.25, 0.3) is 0 Å². The van der Waals surface area contributed by atoms with Crippen molar-refractivity contribution in [3.8, 4) is 11.5 Å². The van der Waals surface area contributed by atoms with Gasteiger partial charge in [-0.3, -0.25) is 4.79 Å². The smallest absolute Gasteiger partial charge is 0.224 e. The Hall–Kier alpha value is -1.46. The van der Waals surface area contributed by atoms with Gasteiger partial charge in [0.15, 0.2) is 11.5 Å². The minimum atomic E-state index is 0. The SMILES string of the molecule is Cl.NCC1CCC(NC(=O)Cc2cccc3c2OCCO3)CC1. The van der Waals surface area contributed by atoms with Gasteiger partial charge in [-0.25, -0.2) is 0 Å². The Morgan fingerprint density at radius 2 is 1.91 bits per heavy atom. The summed E-state index contributed by atoms with van der Waals surface area (Å²) in [5.74, 6) is 2.13. The van der Waals surface area contributed by atoms with Crippen molar-refractivity contribution in [3.63, 3.8) is 0 Å². The molecule has 0 bridgehead atoms. The van der Waals surface area contributed by atoms with Crippen LogP contribution in [0.2, 0.25) is 0 Å². The van der Waals surface area contributed by atoms with Crippen molar-refractivity contribution in [2.75, 3.05) is 19.8 Å². The highest BCUT2D eigenvalue weighted by Gasteiger charge is 2.23. The number of carbonyl (C=O) groups excluding carboxylic acids is 1. The van der Waals surface area contributed by atoms with Crippen molar-refractivity contribution in [3.05, 3.63) is 23.8 Å². The molecule has 3 N–H and O–H groups in total. The molecular weight excluding hydrogens is 316 g/mol. The number of amides is 1. The van der Waals surface area contributed by atoms with Crippen LogP contribution in [0, 0.1) is 5.92 Å². The van der Waals surface area contributed by atoms with E-state index in [0.717, 1.165) is 49.3 Å². The van der Waals surface area contributed by atoms with Crippen LogP contribution in [-0.2, 0) is 11.2 Å². The van der Waals surface area contributed by atoms with Crippen LogP contribution in [-0.4, -0.2) is 31.7 Å². The number of nitrogens with two attached hydrogens (primary N) is 1. The van der Waals surface area contributed by atoms with E-state index in [4.69, 9.17) is 15.2 Å². The Morgan fingerprint density at radius 3 is 2.65 bits per heavy atom. The lowest BCUT2D eigenvalue weighted by molar-refractivity contribution is -0.121. The van der Waals surface area contributed by atoms with Crippen LogP contribution >= 0.6 is 12.4 Å². The number of ether oxygens (including phenoxy) is 2. The molecule has 2 aliphatic rings. The highest BCUT2D eigenvalue weighted by atomic mass is 35.5. The monoisotopic (exact) mass is 340 g/mol. The van der Waals surface area contributed by atoms with Gasteiger partial charge in [0.1, 0.15) is 13.2 Å². The minimum Gasteiger partial charge on any atom is -0.486 e. The van der Waals surface area contributed by atoms with Crippen LogP contribution in [0.25, 0.3) is 0 Å². The van der Waals surface area contributed by atoms with Crippen LogP contribution in [0.5, 0.6) is 11.5 Å². The van der Waals surface area contributed by atoms with E-state index in [1.165, 1.54) is 0 Å². The second-order valence-electron chi connectivity index (χ2n) is 6.14.